The molecular formula is C20H21ClFNO4. The fraction of sp³-hybridized carbons (Fsp3) is 0.350. The lowest BCUT2D eigenvalue weighted by Crippen LogP contribution is -2.56. The van der Waals surface area contributed by atoms with E-state index in [9.17, 15) is 24.5 Å². The Hall–Kier alpha value is -2.15. The molecule has 1 heterocycles. The largest absolute Gasteiger partial charge is 0.506 e. The molecule has 0 radical (unpaired) electrons. The van der Waals surface area contributed by atoms with Crippen LogP contribution in [0.3, 0.4) is 0 Å². The number of halogens is 2. The van der Waals surface area contributed by atoms with Gasteiger partial charge in [-0.25, -0.2) is 4.39 Å². The van der Waals surface area contributed by atoms with Crippen molar-refractivity contribution in [3.63, 3.8) is 0 Å². The Bertz CT molecular complexity index is 829. The van der Waals surface area contributed by atoms with Gasteiger partial charge < -0.3 is 15.3 Å². The topological polar surface area (TPSA) is 81.0 Å². The molecular weight excluding hydrogens is 373 g/mol. The van der Waals surface area contributed by atoms with Crippen molar-refractivity contribution in [2.24, 2.45) is 5.41 Å². The van der Waals surface area contributed by atoms with E-state index in [1.807, 2.05) is 4.90 Å². The Morgan fingerprint density at radius 2 is 1.96 bits per heavy atom. The van der Waals surface area contributed by atoms with Crippen molar-refractivity contribution in [1.82, 2.24) is 4.90 Å². The highest BCUT2D eigenvalue weighted by molar-refractivity contribution is 6.32. The molecule has 0 amide bonds. The predicted octanol–water partition coefficient (Wildman–Crippen LogP) is 3.07. The first-order valence-corrected chi connectivity index (χ1v) is 9.04. The zero-order chi connectivity index (χ0) is 19.6. The number of rotatable bonds is 5. The summed E-state index contributed by atoms with van der Waals surface area (Å²) in [6.45, 7) is 0.983. The Morgan fingerprint density at radius 3 is 2.63 bits per heavy atom. The fourth-order valence-electron chi connectivity index (χ4n) is 3.65. The van der Waals surface area contributed by atoms with E-state index in [2.05, 4.69) is 0 Å². The van der Waals surface area contributed by atoms with Crippen molar-refractivity contribution in [1.29, 1.82) is 0 Å². The van der Waals surface area contributed by atoms with Gasteiger partial charge in [-0.2, -0.15) is 0 Å². The summed E-state index contributed by atoms with van der Waals surface area (Å²) < 4.78 is 13.2. The van der Waals surface area contributed by atoms with Gasteiger partial charge in [0.1, 0.15) is 17.0 Å². The third-order valence-electron chi connectivity index (χ3n) is 5.17. The smallest absolute Gasteiger partial charge is 0.313 e. The minimum Gasteiger partial charge on any atom is -0.506 e. The highest BCUT2D eigenvalue weighted by Gasteiger charge is 2.49. The molecule has 5 nitrogen and oxygen atoms in total. The van der Waals surface area contributed by atoms with Crippen molar-refractivity contribution < 1.29 is 24.5 Å². The second-order valence-corrected chi connectivity index (χ2v) is 7.41. The average Bonchev–Trinajstić information content (AvgIpc) is 2.63. The number of hydrogen-bond acceptors (Lipinski definition) is 4. The number of nitrogens with zero attached hydrogens (tertiary/aromatic N) is 1. The summed E-state index contributed by atoms with van der Waals surface area (Å²) >= 11 is 6.14. The van der Waals surface area contributed by atoms with Gasteiger partial charge in [-0.3, -0.25) is 9.69 Å². The lowest BCUT2D eigenvalue weighted by atomic mass is 9.72. The number of phenolic OH excluding ortho intramolecular Hbond substituents is 1. The Balaban J connectivity index is 1.85. The fourth-order valence-corrected chi connectivity index (χ4v) is 3.84. The first kappa shape index (κ1) is 19.6. The van der Waals surface area contributed by atoms with Gasteiger partial charge in [-0.15, -0.1) is 0 Å². The summed E-state index contributed by atoms with van der Waals surface area (Å²) in [5, 5.41) is 30.5. The summed E-state index contributed by atoms with van der Waals surface area (Å²) in [5.74, 6) is -1.51. The van der Waals surface area contributed by atoms with Crippen molar-refractivity contribution in [3.8, 4) is 5.75 Å². The van der Waals surface area contributed by atoms with Gasteiger partial charge in [0.2, 0.25) is 0 Å². The van der Waals surface area contributed by atoms with E-state index in [4.69, 9.17) is 11.6 Å². The van der Waals surface area contributed by atoms with E-state index in [0.29, 0.717) is 30.6 Å². The van der Waals surface area contributed by atoms with E-state index in [-0.39, 0.29) is 23.7 Å². The number of aliphatic carboxylic acids is 1. The summed E-state index contributed by atoms with van der Waals surface area (Å²) in [5.41, 5.74) is -0.0662. The van der Waals surface area contributed by atoms with Gasteiger partial charge >= 0.3 is 5.97 Å². The molecule has 1 saturated heterocycles. The van der Waals surface area contributed by atoms with Crippen LogP contribution in [0.5, 0.6) is 5.75 Å². The van der Waals surface area contributed by atoms with Crippen LogP contribution in [0.25, 0.3) is 0 Å². The van der Waals surface area contributed by atoms with Crippen LogP contribution in [0.15, 0.2) is 42.5 Å². The maximum Gasteiger partial charge on any atom is 0.313 e. The van der Waals surface area contributed by atoms with Gasteiger partial charge in [0.05, 0.1) is 11.1 Å². The maximum absolute atomic E-state index is 13.2. The average molecular weight is 394 g/mol. The lowest BCUT2D eigenvalue weighted by Gasteiger charge is -2.43. The Morgan fingerprint density at radius 1 is 1.26 bits per heavy atom. The second-order valence-electron chi connectivity index (χ2n) is 7.03. The molecule has 1 fully saturated rings. The Labute approximate surface area is 161 Å². The van der Waals surface area contributed by atoms with E-state index in [1.165, 1.54) is 30.3 Å². The van der Waals surface area contributed by atoms with Crippen LogP contribution in [0.2, 0.25) is 5.02 Å². The zero-order valence-electron chi connectivity index (χ0n) is 14.6. The van der Waals surface area contributed by atoms with Gasteiger partial charge in [0.25, 0.3) is 0 Å². The van der Waals surface area contributed by atoms with E-state index in [0.717, 1.165) is 0 Å². The molecule has 1 aliphatic rings. The molecule has 0 bridgehead atoms. The summed E-state index contributed by atoms with van der Waals surface area (Å²) in [7, 11) is 0. The number of aliphatic hydroxyl groups excluding tert-OH is 1. The number of hydrogen-bond donors (Lipinski definition) is 3. The van der Waals surface area contributed by atoms with Crippen molar-refractivity contribution in [3.05, 3.63) is 64.4 Å². The third kappa shape index (κ3) is 4.08. The number of carbonyl (C=O) groups is 1. The number of carboxylic acids is 1. The molecule has 1 aliphatic heterocycles. The van der Waals surface area contributed by atoms with Crippen LogP contribution in [0, 0.1) is 11.2 Å². The first-order chi connectivity index (χ1) is 12.8. The number of aliphatic hydroxyl groups is 1. The number of likely N-dealkylation sites (tertiary alicyclic amines) is 1. The van der Waals surface area contributed by atoms with Crippen molar-refractivity contribution >= 4 is 17.6 Å². The van der Waals surface area contributed by atoms with Gasteiger partial charge in [-0.1, -0.05) is 35.9 Å². The van der Waals surface area contributed by atoms with Crippen LogP contribution in [-0.4, -0.2) is 45.4 Å². The predicted molar refractivity (Wildman–Crippen MR) is 99.2 cm³/mol. The van der Waals surface area contributed by atoms with Crippen LogP contribution in [0.1, 0.15) is 17.5 Å². The molecule has 0 saturated carbocycles. The molecule has 2 aromatic rings. The normalized spacial score (nSPS) is 23.3. The van der Waals surface area contributed by atoms with Crippen LogP contribution in [-0.2, 0) is 17.8 Å². The minimum atomic E-state index is -1.40. The number of aromatic hydroxyl groups is 1. The van der Waals surface area contributed by atoms with Crippen molar-refractivity contribution in [2.75, 3.05) is 13.1 Å². The van der Waals surface area contributed by atoms with Crippen LogP contribution >= 0.6 is 11.6 Å². The number of phenols is 1. The molecule has 2 atom stereocenters. The van der Waals surface area contributed by atoms with Crippen LogP contribution in [0.4, 0.5) is 4.39 Å². The maximum atomic E-state index is 13.2. The molecule has 3 N–H and O–H groups in total. The first-order valence-electron chi connectivity index (χ1n) is 8.66. The molecule has 0 unspecified atom stereocenters. The van der Waals surface area contributed by atoms with Crippen LogP contribution < -0.4 is 0 Å². The molecule has 0 aliphatic carbocycles. The van der Waals surface area contributed by atoms with E-state index >= 15 is 0 Å². The monoisotopic (exact) mass is 393 g/mol. The number of piperidine rings is 1. The van der Waals surface area contributed by atoms with Gasteiger partial charge in [0, 0.05) is 19.6 Å². The molecule has 2 aromatic carbocycles. The number of benzene rings is 2. The zero-order valence-corrected chi connectivity index (χ0v) is 15.4. The quantitative estimate of drug-likeness (QED) is 0.727. The SMILES string of the molecule is O=C(O)[C@]1(Cc2ccc(F)cc2)CN(Cc2cccc(O)c2Cl)CC[C@@H]1O. The van der Waals surface area contributed by atoms with Gasteiger partial charge in [-0.05, 0) is 42.2 Å². The Kier molecular flexibility index (Phi) is 5.69. The molecule has 0 aromatic heterocycles. The molecule has 0 spiro atoms. The third-order valence-corrected chi connectivity index (χ3v) is 5.61. The lowest BCUT2D eigenvalue weighted by molar-refractivity contribution is -0.163. The second kappa shape index (κ2) is 7.84. The molecule has 27 heavy (non-hydrogen) atoms. The van der Waals surface area contributed by atoms with E-state index < -0.39 is 23.3 Å². The standard InChI is InChI=1S/C20H21ClFNO4/c21-18-14(2-1-3-16(18)24)11-23-9-8-17(25)20(12-23,19(26)27)10-13-4-6-15(22)7-5-13/h1-7,17,24-25H,8-12H2,(H,26,27)/t17-,20+/m0/s1. The van der Waals surface area contributed by atoms with Gasteiger partial charge in [0.15, 0.2) is 0 Å². The van der Waals surface area contributed by atoms with Crippen molar-refractivity contribution in [2.45, 2.75) is 25.5 Å². The molecule has 3 rings (SSSR count). The minimum absolute atomic E-state index is 0.0259. The molecule has 7 heteroatoms. The summed E-state index contributed by atoms with van der Waals surface area (Å²) in [4.78, 5) is 14.1. The summed E-state index contributed by atoms with van der Waals surface area (Å²) in [6, 6.07) is 10.6. The number of carboxylic acid groups (broad SMARTS) is 1. The summed E-state index contributed by atoms with van der Waals surface area (Å²) in [6.07, 6.45) is -0.631. The highest BCUT2D eigenvalue weighted by atomic mass is 35.5. The van der Waals surface area contributed by atoms with E-state index in [1.54, 1.807) is 12.1 Å². The molecule has 144 valence electrons. The highest BCUT2D eigenvalue weighted by Crippen LogP contribution is 2.36.